The fourth-order valence-corrected chi connectivity index (χ4v) is 5.76. The van der Waals surface area contributed by atoms with E-state index in [1.54, 1.807) is 6.33 Å². The zero-order valence-corrected chi connectivity index (χ0v) is 19.1. The maximum absolute atomic E-state index is 15.3. The Morgan fingerprint density at radius 1 is 0.824 bits per heavy atom. The van der Waals surface area contributed by atoms with Crippen LogP contribution >= 0.6 is 0 Å². The van der Waals surface area contributed by atoms with Crippen molar-refractivity contribution in [2.45, 2.75) is 37.6 Å². The van der Waals surface area contributed by atoms with E-state index in [2.05, 4.69) is 51.3 Å². The largest absolute Gasteiger partial charge is 0.367 e. The molecular weight excluding hydrogens is 430 g/mol. The first-order chi connectivity index (χ1) is 16.7. The number of hydrogen-bond donors (Lipinski definition) is 1. The summed E-state index contributed by atoms with van der Waals surface area (Å²) >= 11 is 0. The third-order valence-electron chi connectivity index (χ3n) is 7.50. The fraction of sp³-hybridized carbons (Fsp3) is 0.321. The molecule has 2 saturated heterocycles. The van der Waals surface area contributed by atoms with Gasteiger partial charge in [0, 0.05) is 25.3 Å². The Kier molecular flexibility index (Phi) is 5.44. The van der Waals surface area contributed by atoms with Gasteiger partial charge in [-0.05, 0) is 67.0 Å². The minimum atomic E-state index is -0.470. The Morgan fingerprint density at radius 2 is 1.59 bits per heavy atom. The Balaban J connectivity index is 1.22. The number of nitrogens with one attached hydrogen (secondary N) is 1. The number of aromatic amines is 1. The van der Waals surface area contributed by atoms with Crippen LogP contribution in [0.25, 0.3) is 11.0 Å². The standard InChI is InChI=1S/C28H28F2N4/c29-23-16-22(34-12-4-7-27(34)21-8-9-25-26(15-21)32-18-31-25)17-24(30)28(23)33-13-10-20(11-14-33)19-5-2-1-3-6-19/h1-3,5-6,8-9,15-18,20,27H,4,7,10-14H2,(H,31,32). The number of benzene rings is 3. The summed E-state index contributed by atoms with van der Waals surface area (Å²) in [7, 11) is 0. The molecule has 0 amide bonds. The number of H-pyrrole nitrogens is 1. The van der Waals surface area contributed by atoms with Gasteiger partial charge in [0.2, 0.25) is 0 Å². The van der Waals surface area contributed by atoms with E-state index in [-0.39, 0.29) is 11.7 Å². The number of fused-ring (bicyclic) bond motifs is 1. The molecule has 2 aliphatic rings. The van der Waals surface area contributed by atoms with Gasteiger partial charge in [0.15, 0.2) is 11.6 Å². The normalized spacial score (nSPS) is 19.3. The Morgan fingerprint density at radius 3 is 2.35 bits per heavy atom. The molecule has 2 aliphatic heterocycles. The molecule has 4 nitrogen and oxygen atoms in total. The molecule has 1 unspecified atom stereocenters. The van der Waals surface area contributed by atoms with Crippen molar-refractivity contribution >= 4 is 22.4 Å². The first kappa shape index (κ1) is 21.1. The molecule has 34 heavy (non-hydrogen) atoms. The summed E-state index contributed by atoms with van der Waals surface area (Å²) in [6.07, 6.45) is 5.43. The predicted octanol–water partition coefficient (Wildman–Crippen LogP) is 6.57. The SMILES string of the molecule is Fc1cc(N2CCCC2c2ccc3nc[nH]c3c2)cc(F)c1N1CCC(c2ccccc2)CC1. The summed E-state index contributed by atoms with van der Waals surface area (Å²) in [6, 6.07) is 19.7. The Bertz CT molecular complexity index is 1270. The summed E-state index contributed by atoms with van der Waals surface area (Å²) in [5.74, 6) is -0.494. The molecule has 1 N–H and O–H groups in total. The molecule has 0 bridgehead atoms. The lowest BCUT2D eigenvalue weighted by Gasteiger charge is -2.35. The van der Waals surface area contributed by atoms with E-state index in [4.69, 9.17) is 0 Å². The van der Waals surface area contributed by atoms with Crippen LogP contribution in [0.5, 0.6) is 0 Å². The van der Waals surface area contributed by atoms with Crippen LogP contribution in [0.15, 0.2) is 67.0 Å². The highest BCUT2D eigenvalue weighted by Gasteiger charge is 2.30. The van der Waals surface area contributed by atoms with E-state index < -0.39 is 11.6 Å². The highest BCUT2D eigenvalue weighted by Crippen LogP contribution is 2.40. The summed E-state index contributed by atoms with van der Waals surface area (Å²) in [5, 5.41) is 0. The van der Waals surface area contributed by atoms with E-state index in [1.165, 1.54) is 17.7 Å². The van der Waals surface area contributed by atoms with E-state index in [0.717, 1.165) is 48.8 Å². The summed E-state index contributed by atoms with van der Waals surface area (Å²) in [6.45, 7) is 2.10. The lowest BCUT2D eigenvalue weighted by atomic mass is 9.89. The average molecular weight is 459 g/mol. The highest BCUT2D eigenvalue weighted by atomic mass is 19.1. The molecule has 2 fully saturated rings. The maximum Gasteiger partial charge on any atom is 0.151 e. The van der Waals surface area contributed by atoms with Crippen molar-refractivity contribution in [3.8, 4) is 0 Å². The van der Waals surface area contributed by atoms with Gasteiger partial charge in [-0.1, -0.05) is 36.4 Å². The first-order valence-corrected chi connectivity index (χ1v) is 12.2. The van der Waals surface area contributed by atoms with Crippen LogP contribution in [0.1, 0.15) is 48.8 Å². The van der Waals surface area contributed by atoms with Crippen molar-refractivity contribution in [3.05, 3.63) is 89.8 Å². The van der Waals surface area contributed by atoms with Gasteiger partial charge >= 0.3 is 0 Å². The molecule has 4 aromatic rings. The number of hydrogen-bond acceptors (Lipinski definition) is 3. The molecule has 3 aromatic carbocycles. The van der Waals surface area contributed by atoms with Crippen molar-refractivity contribution in [2.24, 2.45) is 0 Å². The number of piperidine rings is 1. The maximum atomic E-state index is 15.3. The van der Waals surface area contributed by atoms with Gasteiger partial charge in [-0.2, -0.15) is 0 Å². The number of nitrogens with zero attached hydrogens (tertiary/aromatic N) is 3. The van der Waals surface area contributed by atoms with Crippen LogP contribution in [0.2, 0.25) is 0 Å². The molecule has 6 rings (SSSR count). The molecule has 0 radical (unpaired) electrons. The number of aromatic nitrogens is 2. The Labute approximate surface area is 198 Å². The fourth-order valence-electron chi connectivity index (χ4n) is 5.76. The highest BCUT2D eigenvalue weighted by molar-refractivity contribution is 5.75. The van der Waals surface area contributed by atoms with Crippen molar-refractivity contribution in [2.75, 3.05) is 29.4 Å². The number of anilines is 2. The Hall–Kier alpha value is -3.41. The van der Waals surface area contributed by atoms with Crippen LogP contribution in [-0.2, 0) is 0 Å². The van der Waals surface area contributed by atoms with Gasteiger partial charge < -0.3 is 14.8 Å². The first-order valence-electron chi connectivity index (χ1n) is 12.2. The summed E-state index contributed by atoms with van der Waals surface area (Å²) in [4.78, 5) is 11.5. The quantitative estimate of drug-likeness (QED) is 0.376. The van der Waals surface area contributed by atoms with Crippen LogP contribution in [0.3, 0.4) is 0 Å². The average Bonchev–Trinajstić information content (AvgIpc) is 3.54. The van der Waals surface area contributed by atoms with Crippen molar-refractivity contribution < 1.29 is 8.78 Å². The zero-order chi connectivity index (χ0) is 23.1. The molecule has 174 valence electrons. The van der Waals surface area contributed by atoms with Gasteiger partial charge in [0.25, 0.3) is 0 Å². The zero-order valence-electron chi connectivity index (χ0n) is 19.1. The van der Waals surface area contributed by atoms with Gasteiger partial charge in [-0.25, -0.2) is 13.8 Å². The topological polar surface area (TPSA) is 35.2 Å². The third kappa shape index (κ3) is 3.81. The molecule has 0 saturated carbocycles. The monoisotopic (exact) mass is 458 g/mol. The number of halogens is 2. The second-order valence-electron chi connectivity index (χ2n) is 9.46. The van der Waals surface area contributed by atoms with E-state index >= 15 is 8.78 Å². The minimum absolute atomic E-state index is 0.0963. The summed E-state index contributed by atoms with van der Waals surface area (Å²) < 4.78 is 30.7. The number of imidazole rings is 1. The van der Waals surface area contributed by atoms with Gasteiger partial charge in [-0.3, -0.25) is 0 Å². The van der Waals surface area contributed by atoms with Crippen molar-refractivity contribution in [1.82, 2.24) is 9.97 Å². The van der Waals surface area contributed by atoms with E-state index in [0.29, 0.717) is 24.7 Å². The van der Waals surface area contributed by atoms with Crippen LogP contribution < -0.4 is 9.80 Å². The molecule has 6 heteroatoms. The lowest BCUT2D eigenvalue weighted by Crippen LogP contribution is -2.34. The number of rotatable bonds is 4. The molecule has 0 spiro atoms. The van der Waals surface area contributed by atoms with Crippen LogP contribution in [-0.4, -0.2) is 29.6 Å². The molecule has 3 heterocycles. The molecule has 1 atom stereocenters. The third-order valence-corrected chi connectivity index (χ3v) is 7.50. The summed E-state index contributed by atoms with van der Waals surface area (Å²) in [5.41, 5.74) is 5.09. The second kappa shape index (κ2) is 8.75. The van der Waals surface area contributed by atoms with Crippen LogP contribution in [0, 0.1) is 11.6 Å². The molecular formula is C28H28F2N4. The van der Waals surface area contributed by atoms with E-state index in [1.807, 2.05) is 17.0 Å². The lowest BCUT2D eigenvalue weighted by molar-refractivity contribution is 0.486. The van der Waals surface area contributed by atoms with Gasteiger partial charge in [0.05, 0.1) is 23.4 Å². The van der Waals surface area contributed by atoms with Gasteiger partial charge in [0.1, 0.15) is 5.69 Å². The molecule has 0 aliphatic carbocycles. The van der Waals surface area contributed by atoms with Crippen molar-refractivity contribution in [3.63, 3.8) is 0 Å². The van der Waals surface area contributed by atoms with E-state index in [9.17, 15) is 0 Å². The van der Waals surface area contributed by atoms with Crippen LogP contribution in [0.4, 0.5) is 20.2 Å². The predicted molar refractivity (Wildman–Crippen MR) is 132 cm³/mol. The van der Waals surface area contributed by atoms with Gasteiger partial charge in [-0.15, -0.1) is 0 Å². The second-order valence-corrected chi connectivity index (χ2v) is 9.46. The minimum Gasteiger partial charge on any atom is -0.367 e. The van der Waals surface area contributed by atoms with Crippen molar-refractivity contribution in [1.29, 1.82) is 0 Å². The molecule has 1 aromatic heterocycles. The smallest absolute Gasteiger partial charge is 0.151 e.